The minimum absolute atomic E-state index is 0.154. The van der Waals surface area contributed by atoms with E-state index in [2.05, 4.69) is 31.9 Å². The third-order valence-electron chi connectivity index (χ3n) is 2.35. The van der Waals surface area contributed by atoms with Crippen molar-refractivity contribution in [1.29, 1.82) is 0 Å². The molecule has 0 aromatic heterocycles. The minimum atomic E-state index is -0.301. The Morgan fingerprint density at radius 1 is 1.11 bits per heavy atom. The van der Waals surface area contributed by atoms with Crippen molar-refractivity contribution >= 4 is 37.5 Å². The lowest BCUT2D eigenvalue weighted by molar-refractivity contribution is 0.298. The van der Waals surface area contributed by atoms with Gasteiger partial charge in [0, 0.05) is 21.8 Å². The average molecular weight is 375 g/mol. The van der Waals surface area contributed by atoms with E-state index in [1.807, 2.05) is 0 Å². The Bertz CT molecular complexity index is 575. The number of nitrogens with two attached hydrogens (primary N) is 1. The van der Waals surface area contributed by atoms with Crippen LogP contribution in [0, 0.1) is 5.82 Å². The zero-order chi connectivity index (χ0) is 13.1. The van der Waals surface area contributed by atoms with Gasteiger partial charge in [0.15, 0.2) is 0 Å². The fraction of sp³-hybridized carbons (Fsp3) is 0.0769. The number of nitrogen functional groups attached to an aromatic ring is 1. The molecule has 0 heterocycles. The van der Waals surface area contributed by atoms with Crippen molar-refractivity contribution in [3.05, 3.63) is 56.7 Å². The standard InChI is InChI=1S/C13H10Br2FNO/c14-9-2-1-8(12(16)5-9)7-18-13-6-10(17)3-4-11(13)15/h1-6H,7,17H2. The molecule has 0 amide bonds. The third-order valence-corrected chi connectivity index (χ3v) is 3.50. The molecule has 0 aliphatic heterocycles. The molecular formula is C13H10Br2FNO. The average Bonchev–Trinajstić information content (AvgIpc) is 2.32. The monoisotopic (exact) mass is 373 g/mol. The van der Waals surface area contributed by atoms with Crippen molar-refractivity contribution in [3.8, 4) is 5.75 Å². The van der Waals surface area contributed by atoms with E-state index < -0.39 is 0 Å². The first-order chi connectivity index (χ1) is 8.56. The lowest BCUT2D eigenvalue weighted by atomic mass is 10.2. The van der Waals surface area contributed by atoms with Crippen LogP contribution in [0.3, 0.4) is 0 Å². The fourth-order valence-electron chi connectivity index (χ4n) is 1.42. The van der Waals surface area contributed by atoms with Crippen LogP contribution < -0.4 is 10.5 Å². The SMILES string of the molecule is Nc1ccc(Br)c(OCc2ccc(Br)cc2F)c1. The van der Waals surface area contributed by atoms with Gasteiger partial charge in [-0.25, -0.2) is 4.39 Å². The summed E-state index contributed by atoms with van der Waals surface area (Å²) in [6.07, 6.45) is 0. The highest BCUT2D eigenvalue weighted by molar-refractivity contribution is 9.10. The van der Waals surface area contributed by atoms with Crippen molar-refractivity contribution in [2.45, 2.75) is 6.61 Å². The fourth-order valence-corrected chi connectivity index (χ4v) is 2.12. The van der Waals surface area contributed by atoms with E-state index >= 15 is 0 Å². The number of ether oxygens (including phenoxy) is 1. The molecule has 2 aromatic carbocycles. The third kappa shape index (κ3) is 3.23. The van der Waals surface area contributed by atoms with E-state index in [0.29, 0.717) is 21.5 Å². The van der Waals surface area contributed by atoms with Crippen LogP contribution >= 0.6 is 31.9 Å². The van der Waals surface area contributed by atoms with E-state index in [0.717, 1.165) is 4.47 Å². The van der Waals surface area contributed by atoms with Gasteiger partial charge in [-0.3, -0.25) is 0 Å². The summed E-state index contributed by atoms with van der Waals surface area (Å²) >= 11 is 6.56. The Morgan fingerprint density at radius 3 is 2.61 bits per heavy atom. The first kappa shape index (κ1) is 13.4. The molecule has 94 valence electrons. The van der Waals surface area contributed by atoms with Crippen LogP contribution in [-0.4, -0.2) is 0 Å². The summed E-state index contributed by atoms with van der Waals surface area (Å²) in [5.74, 6) is 0.293. The lowest BCUT2D eigenvalue weighted by Crippen LogP contribution is -1.99. The summed E-state index contributed by atoms with van der Waals surface area (Å²) in [6, 6.07) is 10.1. The molecule has 0 fully saturated rings. The summed E-state index contributed by atoms with van der Waals surface area (Å²) in [5, 5.41) is 0. The van der Waals surface area contributed by atoms with E-state index in [9.17, 15) is 4.39 Å². The number of rotatable bonds is 3. The summed E-state index contributed by atoms with van der Waals surface area (Å²) in [6.45, 7) is 0.154. The van der Waals surface area contributed by atoms with Crippen LogP contribution in [0.1, 0.15) is 5.56 Å². The van der Waals surface area contributed by atoms with Crippen molar-refractivity contribution in [1.82, 2.24) is 0 Å². The largest absolute Gasteiger partial charge is 0.488 e. The summed E-state index contributed by atoms with van der Waals surface area (Å²) in [7, 11) is 0. The number of hydrogen-bond donors (Lipinski definition) is 1. The molecule has 2 aromatic rings. The van der Waals surface area contributed by atoms with Gasteiger partial charge in [0.1, 0.15) is 18.2 Å². The van der Waals surface area contributed by atoms with Crippen LogP contribution in [0.5, 0.6) is 5.75 Å². The van der Waals surface area contributed by atoms with Crippen LogP contribution in [0.15, 0.2) is 45.3 Å². The predicted molar refractivity (Wildman–Crippen MR) is 77.0 cm³/mol. The molecule has 0 unspecified atom stereocenters. The molecule has 0 atom stereocenters. The minimum Gasteiger partial charge on any atom is -0.488 e. The second-order valence-corrected chi connectivity index (χ2v) is 5.48. The van der Waals surface area contributed by atoms with Crippen LogP contribution in [0.25, 0.3) is 0 Å². The molecule has 5 heteroatoms. The quantitative estimate of drug-likeness (QED) is 0.802. The van der Waals surface area contributed by atoms with E-state index in [1.165, 1.54) is 6.07 Å². The summed E-state index contributed by atoms with van der Waals surface area (Å²) in [5.41, 5.74) is 6.76. The van der Waals surface area contributed by atoms with Gasteiger partial charge in [-0.2, -0.15) is 0 Å². The molecule has 2 N–H and O–H groups in total. The van der Waals surface area contributed by atoms with Crippen LogP contribution in [0.4, 0.5) is 10.1 Å². The van der Waals surface area contributed by atoms with Gasteiger partial charge in [-0.05, 0) is 40.2 Å². The molecule has 0 saturated carbocycles. The maximum Gasteiger partial charge on any atom is 0.136 e. The zero-order valence-electron chi connectivity index (χ0n) is 9.29. The van der Waals surface area contributed by atoms with Crippen LogP contribution in [-0.2, 0) is 6.61 Å². The zero-order valence-corrected chi connectivity index (χ0v) is 12.5. The van der Waals surface area contributed by atoms with Crippen molar-refractivity contribution < 1.29 is 9.13 Å². The Kier molecular flexibility index (Phi) is 4.24. The molecule has 2 nitrogen and oxygen atoms in total. The van der Waals surface area contributed by atoms with Gasteiger partial charge in [-0.15, -0.1) is 0 Å². The maximum absolute atomic E-state index is 13.6. The van der Waals surface area contributed by atoms with Crippen molar-refractivity contribution in [2.24, 2.45) is 0 Å². The van der Waals surface area contributed by atoms with Crippen molar-refractivity contribution in [2.75, 3.05) is 5.73 Å². The van der Waals surface area contributed by atoms with Gasteiger partial charge in [0.2, 0.25) is 0 Å². The topological polar surface area (TPSA) is 35.2 Å². The number of benzene rings is 2. The highest BCUT2D eigenvalue weighted by Gasteiger charge is 2.06. The Hall–Kier alpha value is -1.07. The number of halogens is 3. The molecule has 0 spiro atoms. The van der Waals surface area contributed by atoms with Gasteiger partial charge in [0.25, 0.3) is 0 Å². The van der Waals surface area contributed by atoms with E-state index in [-0.39, 0.29) is 12.4 Å². The van der Waals surface area contributed by atoms with E-state index in [4.69, 9.17) is 10.5 Å². The summed E-state index contributed by atoms with van der Waals surface area (Å²) in [4.78, 5) is 0. The van der Waals surface area contributed by atoms with Gasteiger partial charge < -0.3 is 10.5 Å². The number of hydrogen-bond acceptors (Lipinski definition) is 2. The Morgan fingerprint density at radius 2 is 1.89 bits per heavy atom. The van der Waals surface area contributed by atoms with E-state index in [1.54, 1.807) is 30.3 Å². The van der Waals surface area contributed by atoms with Gasteiger partial charge in [-0.1, -0.05) is 22.0 Å². The molecule has 0 radical (unpaired) electrons. The number of anilines is 1. The normalized spacial score (nSPS) is 10.4. The molecule has 0 bridgehead atoms. The van der Waals surface area contributed by atoms with Crippen molar-refractivity contribution in [3.63, 3.8) is 0 Å². The van der Waals surface area contributed by atoms with Gasteiger partial charge >= 0.3 is 0 Å². The lowest BCUT2D eigenvalue weighted by Gasteiger charge is -2.09. The Balaban J connectivity index is 2.13. The maximum atomic E-state index is 13.6. The highest BCUT2D eigenvalue weighted by Crippen LogP contribution is 2.28. The molecule has 0 aliphatic rings. The van der Waals surface area contributed by atoms with Crippen LogP contribution in [0.2, 0.25) is 0 Å². The second-order valence-electron chi connectivity index (χ2n) is 3.71. The second kappa shape index (κ2) is 5.71. The summed E-state index contributed by atoms with van der Waals surface area (Å²) < 4.78 is 20.6. The molecule has 2 rings (SSSR count). The first-order valence-electron chi connectivity index (χ1n) is 5.18. The van der Waals surface area contributed by atoms with Gasteiger partial charge in [0.05, 0.1) is 4.47 Å². The highest BCUT2D eigenvalue weighted by atomic mass is 79.9. The Labute approximate surface area is 121 Å². The molecule has 18 heavy (non-hydrogen) atoms. The predicted octanol–water partition coefficient (Wildman–Crippen LogP) is 4.51. The molecule has 0 aliphatic carbocycles. The molecular weight excluding hydrogens is 365 g/mol. The first-order valence-corrected chi connectivity index (χ1v) is 6.76. The smallest absolute Gasteiger partial charge is 0.136 e. The molecule has 0 saturated heterocycles.